The van der Waals surface area contributed by atoms with Crippen molar-refractivity contribution in [2.45, 2.75) is 41.0 Å². The Hall–Kier alpha value is -1.82. The van der Waals surface area contributed by atoms with Crippen LogP contribution in [0.4, 0.5) is 0 Å². The van der Waals surface area contributed by atoms with E-state index in [0.29, 0.717) is 0 Å². The largest absolute Gasteiger partial charge is 0.0984 e. The summed E-state index contributed by atoms with van der Waals surface area (Å²) in [6.45, 7) is 18.0. The summed E-state index contributed by atoms with van der Waals surface area (Å²) in [5, 5.41) is 2.50. The van der Waals surface area contributed by atoms with Crippen molar-refractivity contribution in [1.82, 2.24) is 0 Å². The Morgan fingerprint density at radius 2 is 1.55 bits per heavy atom. The average Bonchev–Trinajstić information content (AvgIpc) is 2.48. The van der Waals surface area contributed by atoms with E-state index in [1.54, 1.807) is 0 Å². The normalized spacial score (nSPS) is 8.85. The van der Waals surface area contributed by atoms with Gasteiger partial charge in [0.25, 0.3) is 0 Å². The van der Waals surface area contributed by atoms with Crippen LogP contribution >= 0.6 is 0 Å². The maximum atomic E-state index is 3.86. The Labute approximate surface area is 124 Å². The minimum atomic E-state index is 1.14. The summed E-state index contributed by atoms with van der Waals surface area (Å²) >= 11 is 0. The summed E-state index contributed by atoms with van der Waals surface area (Å²) in [5.41, 5.74) is 3.59. The third-order valence-corrected chi connectivity index (χ3v) is 2.67. The van der Waals surface area contributed by atoms with Crippen molar-refractivity contribution in [3.8, 4) is 0 Å². The predicted molar refractivity (Wildman–Crippen MR) is 96.2 cm³/mol. The second kappa shape index (κ2) is 10.0. The monoisotopic (exact) mass is 268 g/mol. The molecule has 0 atom stereocenters. The molecule has 2 aromatic rings. The van der Waals surface area contributed by atoms with Crippen LogP contribution in [0.15, 0.2) is 43.5 Å². The van der Waals surface area contributed by atoms with E-state index in [2.05, 4.69) is 64.3 Å². The summed E-state index contributed by atoms with van der Waals surface area (Å²) in [6.07, 6.45) is 5.02. The van der Waals surface area contributed by atoms with Crippen LogP contribution in [-0.2, 0) is 0 Å². The molecule has 0 aliphatic heterocycles. The van der Waals surface area contributed by atoms with E-state index < -0.39 is 0 Å². The Bertz CT molecular complexity index is 547. The molecule has 20 heavy (non-hydrogen) atoms. The molecule has 0 bridgehead atoms. The number of aryl methyl sites for hydroxylation is 1. The van der Waals surface area contributed by atoms with E-state index in [4.69, 9.17) is 0 Å². The van der Waals surface area contributed by atoms with Gasteiger partial charge in [0.2, 0.25) is 0 Å². The van der Waals surface area contributed by atoms with Crippen LogP contribution in [-0.4, -0.2) is 0 Å². The van der Waals surface area contributed by atoms with Crippen molar-refractivity contribution < 1.29 is 0 Å². The van der Waals surface area contributed by atoms with E-state index in [1.807, 2.05) is 26.0 Å². The van der Waals surface area contributed by atoms with E-state index in [9.17, 15) is 0 Å². The highest BCUT2D eigenvalue weighted by Gasteiger charge is 2.02. The first-order valence-electron chi connectivity index (χ1n) is 7.46. The van der Waals surface area contributed by atoms with Crippen LogP contribution in [0.25, 0.3) is 22.9 Å². The molecule has 0 N–H and O–H groups in total. The third-order valence-electron chi connectivity index (χ3n) is 2.67. The van der Waals surface area contributed by atoms with E-state index >= 15 is 0 Å². The molecular weight excluding hydrogens is 240 g/mol. The fourth-order valence-corrected chi connectivity index (χ4v) is 1.90. The highest BCUT2D eigenvalue weighted by atomic mass is 14.1. The molecule has 0 nitrogen and oxygen atoms in total. The lowest BCUT2D eigenvalue weighted by molar-refractivity contribution is 1.09. The molecule has 0 heteroatoms. The van der Waals surface area contributed by atoms with Crippen LogP contribution < -0.4 is 0 Å². The van der Waals surface area contributed by atoms with E-state index in [-0.39, 0.29) is 0 Å². The van der Waals surface area contributed by atoms with Crippen molar-refractivity contribution in [3.63, 3.8) is 0 Å². The third kappa shape index (κ3) is 4.70. The maximum Gasteiger partial charge on any atom is -0.0105 e. The molecule has 2 aromatic carbocycles. The van der Waals surface area contributed by atoms with Gasteiger partial charge in [0.15, 0.2) is 0 Å². The van der Waals surface area contributed by atoms with Crippen LogP contribution in [0.5, 0.6) is 0 Å². The minimum Gasteiger partial charge on any atom is -0.0984 e. The Morgan fingerprint density at radius 3 is 2.05 bits per heavy atom. The standard InChI is InChI=1S/C15H14.C3H8.C2H6/c1-4-12-7-8-13-10-11(3)6-9-15(13)14(12)5-2;1-3-2;1-2/h4-10H,1-2H2,3H3;3H2,1-2H3;1-2H3. The van der Waals surface area contributed by atoms with Crippen LogP contribution in [0.1, 0.15) is 50.8 Å². The second-order valence-electron chi connectivity index (χ2n) is 4.41. The SMILES string of the molecule is C=Cc1ccc2cc(C)ccc2c1C=C.CC.CCC. The highest BCUT2D eigenvalue weighted by molar-refractivity contribution is 5.94. The van der Waals surface area contributed by atoms with Crippen molar-refractivity contribution in [1.29, 1.82) is 0 Å². The lowest BCUT2D eigenvalue weighted by Gasteiger charge is -2.07. The molecule has 0 aliphatic carbocycles. The van der Waals surface area contributed by atoms with E-state index in [1.165, 1.54) is 28.3 Å². The summed E-state index contributed by atoms with van der Waals surface area (Å²) in [5.74, 6) is 0. The van der Waals surface area contributed by atoms with Crippen LogP contribution in [0, 0.1) is 6.92 Å². The molecule has 0 aliphatic rings. The molecule has 108 valence electrons. The Morgan fingerprint density at radius 1 is 0.950 bits per heavy atom. The van der Waals surface area contributed by atoms with Gasteiger partial charge in [-0.25, -0.2) is 0 Å². The number of rotatable bonds is 2. The first kappa shape index (κ1) is 18.2. The summed E-state index contributed by atoms with van der Waals surface area (Å²) < 4.78 is 0. The first-order chi connectivity index (χ1) is 9.67. The number of benzene rings is 2. The maximum absolute atomic E-state index is 3.86. The van der Waals surface area contributed by atoms with Crippen molar-refractivity contribution in [3.05, 3.63) is 60.2 Å². The Balaban J connectivity index is 0.000000641. The smallest absolute Gasteiger partial charge is 0.0105 e. The van der Waals surface area contributed by atoms with Gasteiger partial charge in [-0.05, 0) is 28.8 Å². The van der Waals surface area contributed by atoms with Gasteiger partial charge in [-0.15, -0.1) is 0 Å². The first-order valence-corrected chi connectivity index (χ1v) is 7.46. The van der Waals surface area contributed by atoms with Crippen LogP contribution in [0.2, 0.25) is 0 Å². The summed E-state index contributed by atoms with van der Waals surface area (Å²) in [6, 6.07) is 10.7. The Kier molecular flexibility index (Phi) is 9.11. The van der Waals surface area contributed by atoms with Gasteiger partial charge in [-0.1, -0.05) is 95.3 Å². The van der Waals surface area contributed by atoms with Crippen molar-refractivity contribution in [2.24, 2.45) is 0 Å². The zero-order valence-electron chi connectivity index (χ0n) is 13.7. The molecule has 2 rings (SSSR count). The molecule has 0 heterocycles. The van der Waals surface area contributed by atoms with Gasteiger partial charge in [0.1, 0.15) is 0 Å². The summed E-state index contributed by atoms with van der Waals surface area (Å²) in [4.78, 5) is 0. The molecule has 0 amide bonds. The predicted octanol–water partition coefficient (Wildman–Crippen LogP) is 6.88. The van der Waals surface area contributed by atoms with Gasteiger partial charge >= 0.3 is 0 Å². The molecule has 0 aromatic heterocycles. The average molecular weight is 268 g/mol. The quantitative estimate of drug-likeness (QED) is 0.557. The zero-order chi connectivity index (χ0) is 15.5. The van der Waals surface area contributed by atoms with Crippen LogP contribution in [0.3, 0.4) is 0 Å². The van der Waals surface area contributed by atoms with Gasteiger partial charge in [0, 0.05) is 0 Å². The van der Waals surface area contributed by atoms with Crippen molar-refractivity contribution in [2.75, 3.05) is 0 Å². The van der Waals surface area contributed by atoms with Gasteiger partial charge in [-0.2, -0.15) is 0 Å². The molecule has 0 unspecified atom stereocenters. The van der Waals surface area contributed by atoms with Crippen molar-refractivity contribution >= 4 is 22.9 Å². The highest BCUT2D eigenvalue weighted by Crippen LogP contribution is 2.25. The number of hydrogen-bond acceptors (Lipinski definition) is 0. The molecule has 0 saturated heterocycles. The van der Waals surface area contributed by atoms with Gasteiger partial charge in [0.05, 0.1) is 0 Å². The number of hydrogen-bond donors (Lipinski definition) is 0. The van der Waals surface area contributed by atoms with Gasteiger partial charge < -0.3 is 0 Å². The lowest BCUT2D eigenvalue weighted by atomic mass is 9.98. The summed E-state index contributed by atoms with van der Waals surface area (Å²) in [7, 11) is 0. The molecule has 0 spiro atoms. The zero-order valence-corrected chi connectivity index (χ0v) is 13.7. The fourth-order valence-electron chi connectivity index (χ4n) is 1.90. The fraction of sp³-hybridized carbons (Fsp3) is 0.300. The lowest BCUT2D eigenvalue weighted by Crippen LogP contribution is -1.84. The molecule has 0 saturated carbocycles. The molecule has 0 radical (unpaired) electrons. The minimum absolute atomic E-state index is 1.14. The molecular formula is C20H28. The number of fused-ring (bicyclic) bond motifs is 1. The van der Waals surface area contributed by atoms with Gasteiger partial charge in [-0.3, -0.25) is 0 Å². The molecule has 0 fully saturated rings. The van der Waals surface area contributed by atoms with E-state index in [0.717, 1.165) is 5.56 Å². The second-order valence-corrected chi connectivity index (χ2v) is 4.41. The topological polar surface area (TPSA) is 0 Å².